The second kappa shape index (κ2) is 10.4. The quantitative estimate of drug-likeness (QED) is 0.629. The van der Waals surface area contributed by atoms with Crippen molar-refractivity contribution in [1.82, 2.24) is 4.90 Å². The van der Waals surface area contributed by atoms with E-state index >= 15 is 0 Å². The van der Waals surface area contributed by atoms with Gasteiger partial charge in [0.2, 0.25) is 5.91 Å². The summed E-state index contributed by atoms with van der Waals surface area (Å²) in [5, 5.41) is 2.80. The van der Waals surface area contributed by atoms with Crippen molar-refractivity contribution in [2.24, 2.45) is 0 Å². The SMILES string of the molecule is COc1ccc(NC(=O)CN(C)Cc2cc(C)c(OCC(F)(F)F)c(C)c2)cc1OC. The molecule has 0 heterocycles. The summed E-state index contributed by atoms with van der Waals surface area (Å²) in [7, 11) is 4.83. The minimum absolute atomic E-state index is 0.124. The summed E-state index contributed by atoms with van der Waals surface area (Å²) in [6.45, 7) is 2.64. The number of anilines is 1. The van der Waals surface area contributed by atoms with Crippen LogP contribution in [0, 0.1) is 13.8 Å². The first-order chi connectivity index (χ1) is 14.5. The summed E-state index contributed by atoms with van der Waals surface area (Å²) < 4.78 is 52.6. The number of hydrogen-bond acceptors (Lipinski definition) is 5. The molecule has 9 heteroatoms. The number of likely N-dealkylation sites (N-methyl/N-ethyl adjacent to an activating group) is 1. The first-order valence-corrected chi connectivity index (χ1v) is 9.52. The number of ether oxygens (including phenoxy) is 3. The third-order valence-corrected chi connectivity index (χ3v) is 4.43. The molecular formula is C22H27F3N2O4. The van der Waals surface area contributed by atoms with Crippen LogP contribution >= 0.6 is 0 Å². The summed E-state index contributed by atoms with van der Waals surface area (Å²) in [5.41, 5.74) is 2.68. The van der Waals surface area contributed by atoms with Gasteiger partial charge in [0, 0.05) is 18.3 Å². The van der Waals surface area contributed by atoms with E-state index in [1.54, 1.807) is 56.1 Å². The summed E-state index contributed by atoms with van der Waals surface area (Å²) >= 11 is 0. The maximum atomic E-state index is 12.4. The predicted octanol–water partition coefficient (Wildman–Crippen LogP) is 4.33. The number of carbonyl (C=O) groups is 1. The first kappa shape index (κ1) is 24.3. The Hall–Kier alpha value is -2.94. The highest BCUT2D eigenvalue weighted by atomic mass is 19.4. The molecule has 0 saturated carbocycles. The third-order valence-electron chi connectivity index (χ3n) is 4.43. The van der Waals surface area contributed by atoms with E-state index in [0.29, 0.717) is 34.9 Å². The minimum Gasteiger partial charge on any atom is -0.493 e. The van der Waals surface area contributed by atoms with Gasteiger partial charge in [-0.25, -0.2) is 0 Å². The van der Waals surface area contributed by atoms with Crippen molar-refractivity contribution < 1.29 is 32.2 Å². The van der Waals surface area contributed by atoms with Gasteiger partial charge in [0.1, 0.15) is 5.75 Å². The summed E-state index contributed by atoms with van der Waals surface area (Å²) in [4.78, 5) is 14.2. The average Bonchev–Trinajstić information content (AvgIpc) is 2.66. The molecule has 0 bridgehead atoms. The molecule has 0 aliphatic carbocycles. The van der Waals surface area contributed by atoms with Gasteiger partial charge in [-0.05, 0) is 49.7 Å². The van der Waals surface area contributed by atoms with Crippen LogP contribution < -0.4 is 19.5 Å². The zero-order valence-corrected chi connectivity index (χ0v) is 18.2. The first-order valence-electron chi connectivity index (χ1n) is 9.52. The van der Waals surface area contributed by atoms with Crippen LogP contribution in [0.1, 0.15) is 16.7 Å². The number of amides is 1. The van der Waals surface area contributed by atoms with Crippen molar-refractivity contribution >= 4 is 11.6 Å². The van der Waals surface area contributed by atoms with Gasteiger partial charge in [0.05, 0.1) is 20.8 Å². The Kier molecular flexibility index (Phi) is 8.15. The van der Waals surface area contributed by atoms with Crippen LogP contribution in [-0.4, -0.2) is 51.4 Å². The number of nitrogens with zero attached hydrogens (tertiary/aromatic N) is 1. The normalized spacial score (nSPS) is 11.4. The van der Waals surface area contributed by atoms with E-state index in [4.69, 9.17) is 14.2 Å². The van der Waals surface area contributed by atoms with Gasteiger partial charge in [-0.1, -0.05) is 12.1 Å². The zero-order valence-electron chi connectivity index (χ0n) is 18.2. The molecule has 0 saturated heterocycles. The fourth-order valence-electron chi connectivity index (χ4n) is 3.24. The lowest BCUT2D eigenvalue weighted by Crippen LogP contribution is -2.29. The lowest BCUT2D eigenvalue weighted by atomic mass is 10.1. The second-order valence-electron chi connectivity index (χ2n) is 7.25. The molecule has 2 aromatic carbocycles. The molecule has 0 atom stereocenters. The molecule has 0 aromatic heterocycles. The number of nitrogens with one attached hydrogen (secondary N) is 1. The molecule has 0 aliphatic rings. The molecule has 0 spiro atoms. The maximum Gasteiger partial charge on any atom is 0.422 e. The molecule has 31 heavy (non-hydrogen) atoms. The highest BCUT2D eigenvalue weighted by Crippen LogP contribution is 2.30. The monoisotopic (exact) mass is 440 g/mol. The summed E-state index contributed by atoms with van der Waals surface area (Å²) in [6, 6.07) is 8.61. The standard InChI is InChI=1S/C22H27F3N2O4/c1-14-8-16(9-15(2)21(14)31-13-22(23,24)25)11-27(3)12-20(28)26-17-6-7-18(29-4)19(10-17)30-5/h6-10H,11-13H2,1-5H3,(H,26,28). The third kappa shape index (κ3) is 7.36. The van der Waals surface area contributed by atoms with Crippen molar-refractivity contribution in [3.63, 3.8) is 0 Å². The van der Waals surface area contributed by atoms with E-state index in [-0.39, 0.29) is 18.2 Å². The van der Waals surface area contributed by atoms with Crippen LogP contribution in [-0.2, 0) is 11.3 Å². The highest BCUT2D eigenvalue weighted by Gasteiger charge is 2.29. The van der Waals surface area contributed by atoms with E-state index in [0.717, 1.165) is 5.56 Å². The lowest BCUT2D eigenvalue weighted by Gasteiger charge is -2.19. The van der Waals surface area contributed by atoms with Crippen molar-refractivity contribution in [3.8, 4) is 17.2 Å². The smallest absolute Gasteiger partial charge is 0.422 e. The van der Waals surface area contributed by atoms with Crippen LogP contribution in [0.5, 0.6) is 17.2 Å². The highest BCUT2D eigenvalue weighted by molar-refractivity contribution is 5.92. The topological polar surface area (TPSA) is 60.0 Å². The molecular weight excluding hydrogens is 413 g/mol. The molecule has 6 nitrogen and oxygen atoms in total. The molecule has 0 unspecified atom stereocenters. The molecule has 1 N–H and O–H groups in total. The Morgan fingerprint density at radius 1 is 1.03 bits per heavy atom. The molecule has 170 valence electrons. The number of benzene rings is 2. The largest absolute Gasteiger partial charge is 0.493 e. The van der Waals surface area contributed by atoms with Crippen molar-refractivity contribution in [1.29, 1.82) is 0 Å². The molecule has 0 fully saturated rings. The van der Waals surface area contributed by atoms with E-state index < -0.39 is 12.8 Å². The van der Waals surface area contributed by atoms with Gasteiger partial charge in [-0.15, -0.1) is 0 Å². The van der Waals surface area contributed by atoms with E-state index in [1.165, 1.54) is 14.2 Å². The molecule has 0 aliphatic heterocycles. The van der Waals surface area contributed by atoms with Crippen LogP contribution in [0.4, 0.5) is 18.9 Å². The number of hydrogen-bond donors (Lipinski definition) is 1. The van der Waals surface area contributed by atoms with E-state index in [1.807, 2.05) is 0 Å². The Morgan fingerprint density at radius 2 is 1.65 bits per heavy atom. The number of methoxy groups -OCH3 is 2. The molecule has 1 amide bonds. The van der Waals surface area contributed by atoms with E-state index in [9.17, 15) is 18.0 Å². The van der Waals surface area contributed by atoms with Crippen molar-refractivity contribution in [2.45, 2.75) is 26.6 Å². The number of halogens is 3. The molecule has 2 rings (SSSR count). The fraction of sp³-hybridized carbons (Fsp3) is 0.409. The Bertz CT molecular complexity index is 893. The number of rotatable bonds is 9. The van der Waals surface area contributed by atoms with Crippen LogP contribution in [0.15, 0.2) is 30.3 Å². The Labute approximate surface area is 179 Å². The second-order valence-corrected chi connectivity index (χ2v) is 7.25. The average molecular weight is 440 g/mol. The van der Waals surface area contributed by atoms with E-state index in [2.05, 4.69) is 5.32 Å². The number of alkyl halides is 3. The number of aryl methyl sites for hydroxylation is 2. The van der Waals surface area contributed by atoms with Gasteiger partial charge in [0.25, 0.3) is 0 Å². The van der Waals surface area contributed by atoms with Gasteiger partial charge < -0.3 is 19.5 Å². The van der Waals surface area contributed by atoms with Gasteiger partial charge >= 0.3 is 6.18 Å². The Balaban J connectivity index is 1.97. The van der Waals surface area contributed by atoms with Crippen LogP contribution in [0.2, 0.25) is 0 Å². The maximum absolute atomic E-state index is 12.4. The number of carbonyl (C=O) groups excluding carboxylic acids is 1. The van der Waals surface area contributed by atoms with Crippen molar-refractivity contribution in [2.75, 3.05) is 39.7 Å². The van der Waals surface area contributed by atoms with Crippen LogP contribution in [0.25, 0.3) is 0 Å². The summed E-state index contributed by atoms with van der Waals surface area (Å²) in [6.07, 6.45) is -4.39. The van der Waals surface area contributed by atoms with Gasteiger partial charge in [0.15, 0.2) is 18.1 Å². The van der Waals surface area contributed by atoms with Gasteiger partial charge in [-0.3, -0.25) is 9.69 Å². The Morgan fingerprint density at radius 3 is 2.19 bits per heavy atom. The molecule has 0 radical (unpaired) electrons. The minimum atomic E-state index is -4.39. The zero-order chi connectivity index (χ0) is 23.2. The predicted molar refractivity (Wildman–Crippen MR) is 112 cm³/mol. The molecule has 2 aromatic rings. The lowest BCUT2D eigenvalue weighted by molar-refractivity contribution is -0.153. The van der Waals surface area contributed by atoms with Gasteiger partial charge in [-0.2, -0.15) is 13.2 Å². The summed E-state index contributed by atoms with van der Waals surface area (Å²) in [5.74, 6) is 1.08. The van der Waals surface area contributed by atoms with Crippen LogP contribution in [0.3, 0.4) is 0 Å². The fourth-order valence-corrected chi connectivity index (χ4v) is 3.24. The van der Waals surface area contributed by atoms with Crippen molar-refractivity contribution in [3.05, 3.63) is 47.0 Å².